The van der Waals surface area contributed by atoms with Gasteiger partial charge < -0.3 is 5.32 Å². The fourth-order valence-corrected chi connectivity index (χ4v) is 4.96. The van der Waals surface area contributed by atoms with Crippen LogP contribution in [0.2, 0.25) is 0 Å². The van der Waals surface area contributed by atoms with E-state index in [1.54, 1.807) is 6.42 Å². The zero-order valence-corrected chi connectivity index (χ0v) is 14.0. The maximum absolute atomic E-state index is 3.81. The molecule has 3 fully saturated rings. The molecule has 0 amide bonds. The normalized spacial score (nSPS) is 42.3. The fourth-order valence-electron chi connectivity index (χ4n) is 4.96. The molecule has 20 heavy (non-hydrogen) atoms. The van der Waals surface area contributed by atoms with Crippen molar-refractivity contribution in [2.24, 2.45) is 23.2 Å². The van der Waals surface area contributed by atoms with Gasteiger partial charge in [-0.05, 0) is 48.9 Å². The van der Waals surface area contributed by atoms with Gasteiger partial charge in [0.1, 0.15) is 0 Å². The zero-order chi connectivity index (χ0) is 14.3. The summed E-state index contributed by atoms with van der Waals surface area (Å²) in [5.74, 6) is 3.17. The third-order valence-electron chi connectivity index (χ3n) is 6.40. The van der Waals surface area contributed by atoms with Crippen molar-refractivity contribution in [3.63, 3.8) is 0 Å². The second-order valence-electron chi connectivity index (χ2n) is 8.78. The lowest BCUT2D eigenvalue weighted by atomic mass is 9.83. The molecular formula is C18H34N2. The average Bonchev–Trinajstić information content (AvgIpc) is 3.00. The molecule has 5 atom stereocenters. The number of hydrogen-bond donors (Lipinski definition) is 1. The van der Waals surface area contributed by atoms with Crippen LogP contribution < -0.4 is 5.32 Å². The van der Waals surface area contributed by atoms with Gasteiger partial charge in [0.15, 0.2) is 0 Å². The molecule has 2 aliphatic carbocycles. The lowest BCUT2D eigenvalue weighted by Crippen LogP contribution is -2.61. The van der Waals surface area contributed by atoms with Crippen LogP contribution in [0.4, 0.5) is 0 Å². The quantitative estimate of drug-likeness (QED) is 0.850. The van der Waals surface area contributed by atoms with Gasteiger partial charge in [0, 0.05) is 31.7 Å². The van der Waals surface area contributed by atoms with Crippen LogP contribution in [0.3, 0.4) is 0 Å². The average molecular weight is 278 g/mol. The molecule has 3 rings (SSSR count). The summed E-state index contributed by atoms with van der Waals surface area (Å²) in [6, 6.07) is 1.43. The Morgan fingerprint density at radius 3 is 2.50 bits per heavy atom. The Bertz CT molecular complexity index is 333. The number of piperazine rings is 1. The highest BCUT2D eigenvalue weighted by atomic mass is 15.2. The smallest absolute Gasteiger partial charge is 0.0244 e. The first-order chi connectivity index (χ1) is 9.47. The Hall–Kier alpha value is -0.0800. The van der Waals surface area contributed by atoms with E-state index in [0.717, 1.165) is 23.8 Å². The third-order valence-corrected chi connectivity index (χ3v) is 6.40. The van der Waals surface area contributed by atoms with E-state index in [4.69, 9.17) is 0 Å². The van der Waals surface area contributed by atoms with Crippen molar-refractivity contribution in [1.29, 1.82) is 0 Å². The first-order valence-corrected chi connectivity index (χ1v) is 8.94. The maximum atomic E-state index is 3.81. The molecule has 2 saturated carbocycles. The van der Waals surface area contributed by atoms with E-state index in [1.165, 1.54) is 45.3 Å². The molecule has 2 heteroatoms. The number of nitrogens with zero attached hydrogens (tertiary/aromatic N) is 1. The topological polar surface area (TPSA) is 15.3 Å². The van der Waals surface area contributed by atoms with Crippen LogP contribution >= 0.6 is 0 Å². The van der Waals surface area contributed by atoms with Gasteiger partial charge in [0.2, 0.25) is 0 Å². The van der Waals surface area contributed by atoms with Crippen LogP contribution in [0.15, 0.2) is 0 Å². The Kier molecular flexibility index (Phi) is 4.16. The van der Waals surface area contributed by atoms with Crippen molar-refractivity contribution >= 4 is 0 Å². The Labute approximate surface area is 125 Å². The number of hydrogen-bond acceptors (Lipinski definition) is 2. The monoisotopic (exact) mass is 278 g/mol. The van der Waals surface area contributed by atoms with E-state index in [-0.39, 0.29) is 0 Å². The van der Waals surface area contributed by atoms with E-state index >= 15 is 0 Å². The van der Waals surface area contributed by atoms with E-state index in [9.17, 15) is 0 Å². The minimum atomic E-state index is 0.381. The van der Waals surface area contributed by atoms with Crippen LogP contribution in [0.5, 0.6) is 0 Å². The summed E-state index contributed by atoms with van der Waals surface area (Å²) in [4.78, 5) is 2.85. The summed E-state index contributed by atoms with van der Waals surface area (Å²) >= 11 is 0. The van der Waals surface area contributed by atoms with E-state index < -0.39 is 0 Å². The van der Waals surface area contributed by atoms with Crippen LogP contribution in [0.1, 0.15) is 59.8 Å². The van der Waals surface area contributed by atoms with Gasteiger partial charge in [0.05, 0.1) is 0 Å². The summed E-state index contributed by atoms with van der Waals surface area (Å²) in [6.45, 7) is 13.3. The standard InChI is InChI=1S/C18H34N2/c1-5-16-10-19-17(18(2,3)4)12-20(16)11-15-9-13-6-7-14(15)8-13/h13-17,19H,5-12H2,1-4H3. The summed E-state index contributed by atoms with van der Waals surface area (Å²) in [6.07, 6.45) is 7.44. The second kappa shape index (κ2) is 5.61. The van der Waals surface area contributed by atoms with Gasteiger partial charge in [-0.15, -0.1) is 0 Å². The first-order valence-electron chi connectivity index (χ1n) is 8.94. The molecule has 0 aromatic heterocycles. The lowest BCUT2D eigenvalue weighted by Gasteiger charge is -2.46. The molecule has 1 saturated heterocycles. The summed E-state index contributed by atoms with van der Waals surface area (Å²) in [5, 5.41) is 3.81. The lowest BCUT2D eigenvalue weighted by molar-refractivity contribution is 0.0608. The molecule has 2 nitrogen and oxygen atoms in total. The van der Waals surface area contributed by atoms with Gasteiger partial charge in [-0.3, -0.25) is 4.90 Å². The van der Waals surface area contributed by atoms with Crippen molar-refractivity contribution in [3.05, 3.63) is 0 Å². The predicted octanol–water partition coefficient (Wildman–Crippen LogP) is 3.52. The van der Waals surface area contributed by atoms with Crippen LogP contribution in [-0.2, 0) is 0 Å². The minimum Gasteiger partial charge on any atom is -0.311 e. The molecular weight excluding hydrogens is 244 g/mol. The number of fused-ring (bicyclic) bond motifs is 2. The molecule has 2 bridgehead atoms. The molecule has 5 unspecified atom stereocenters. The molecule has 1 aliphatic heterocycles. The predicted molar refractivity (Wildman–Crippen MR) is 85.8 cm³/mol. The summed E-state index contributed by atoms with van der Waals surface area (Å²) in [7, 11) is 0. The Balaban J connectivity index is 1.62. The highest BCUT2D eigenvalue weighted by Gasteiger charge is 2.42. The Morgan fingerprint density at radius 2 is 1.95 bits per heavy atom. The zero-order valence-electron chi connectivity index (χ0n) is 14.0. The molecule has 0 aromatic rings. The Morgan fingerprint density at radius 1 is 1.15 bits per heavy atom. The van der Waals surface area contributed by atoms with Crippen molar-refractivity contribution in [1.82, 2.24) is 10.2 Å². The van der Waals surface area contributed by atoms with Crippen molar-refractivity contribution in [3.8, 4) is 0 Å². The van der Waals surface area contributed by atoms with Crippen LogP contribution in [0, 0.1) is 23.2 Å². The van der Waals surface area contributed by atoms with Crippen molar-refractivity contribution in [2.45, 2.75) is 71.9 Å². The minimum absolute atomic E-state index is 0.381. The number of nitrogens with one attached hydrogen (secondary N) is 1. The summed E-state index contributed by atoms with van der Waals surface area (Å²) in [5.41, 5.74) is 0.381. The largest absolute Gasteiger partial charge is 0.311 e. The van der Waals surface area contributed by atoms with Crippen molar-refractivity contribution < 1.29 is 0 Å². The molecule has 1 N–H and O–H groups in total. The molecule has 1 heterocycles. The van der Waals surface area contributed by atoms with Gasteiger partial charge in [-0.2, -0.15) is 0 Å². The molecule has 3 aliphatic rings. The van der Waals surface area contributed by atoms with Gasteiger partial charge in [-0.1, -0.05) is 34.1 Å². The first kappa shape index (κ1) is 14.8. The molecule has 0 aromatic carbocycles. The summed E-state index contributed by atoms with van der Waals surface area (Å²) < 4.78 is 0. The molecule has 0 spiro atoms. The highest BCUT2D eigenvalue weighted by Crippen LogP contribution is 2.48. The maximum Gasteiger partial charge on any atom is 0.0244 e. The van der Waals surface area contributed by atoms with E-state index in [1.807, 2.05) is 0 Å². The van der Waals surface area contributed by atoms with E-state index in [2.05, 4.69) is 37.9 Å². The van der Waals surface area contributed by atoms with Crippen LogP contribution in [0.25, 0.3) is 0 Å². The van der Waals surface area contributed by atoms with Gasteiger partial charge in [0.25, 0.3) is 0 Å². The van der Waals surface area contributed by atoms with Crippen LogP contribution in [-0.4, -0.2) is 36.6 Å². The SMILES string of the molecule is CCC1CNC(C(C)(C)C)CN1CC1CC2CCC1C2. The molecule has 0 radical (unpaired) electrons. The second-order valence-corrected chi connectivity index (χ2v) is 8.78. The van der Waals surface area contributed by atoms with Crippen molar-refractivity contribution in [2.75, 3.05) is 19.6 Å². The van der Waals surface area contributed by atoms with E-state index in [0.29, 0.717) is 11.5 Å². The van der Waals surface area contributed by atoms with Gasteiger partial charge >= 0.3 is 0 Å². The van der Waals surface area contributed by atoms with Gasteiger partial charge in [-0.25, -0.2) is 0 Å². The fraction of sp³-hybridized carbons (Fsp3) is 1.00. The number of rotatable bonds is 3. The highest BCUT2D eigenvalue weighted by molar-refractivity contribution is 4.96. The third kappa shape index (κ3) is 2.92. The molecule has 116 valence electrons.